The van der Waals surface area contributed by atoms with E-state index < -0.39 is 5.97 Å². The molecule has 0 saturated carbocycles. The van der Waals surface area contributed by atoms with Gasteiger partial charge >= 0.3 is 5.97 Å². The van der Waals surface area contributed by atoms with E-state index in [-0.39, 0.29) is 17.0 Å². The lowest BCUT2D eigenvalue weighted by molar-refractivity contribution is 0.0692. The van der Waals surface area contributed by atoms with E-state index in [1.807, 2.05) is 31.2 Å². The molecule has 1 N–H and O–H groups in total. The molecule has 0 amide bonds. The first-order chi connectivity index (χ1) is 22.3. The number of benzene rings is 3. The zero-order valence-corrected chi connectivity index (χ0v) is 26.6. The van der Waals surface area contributed by atoms with Crippen molar-refractivity contribution in [1.29, 1.82) is 0 Å². The molecular formula is C40H37N3O3. The van der Waals surface area contributed by atoms with Gasteiger partial charge in [-0.05, 0) is 84.5 Å². The van der Waals surface area contributed by atoms with Gasteiger partial charge < -0.3 is 14.1 Å². The molecule has 0 saturated heterocycles. The van der Waals surface area contributed by atoms with E-state index in [0.717, 1.165) is 29.6 Å². The minimum atomic E-state index is -1.15. The summed E-state index contributed by atoms with van der Waals surface area (Å²) in [5, 5.41) is 12.9. The molecule has 0 aliphatic carbocycles. The Balaban J connectivity index is 0.000000166. The summed E-state index contributed by atoms with van der Waals surface area (Å²) >= 11 is 0. The van der Waals surface area contributed by atoms with Gasteiger partial charge in [0.05, 0.1) is 16.6 Å². The predicted octanol–water partition coefficient (Wildman–Crippen LogP) is 9.39. The standard InChI is InChI=1S/C21H22N2O3.C19H15N/c1-13(2)10-12-23-14(3)18(15-7-4-5-9-17(15)23)20(24)19-16(21(25)26)8-6-11-22-19;1-14-16-7-3-2-6-15(16)9-10-17(14)18-11-13-20-12-5-4-8-19(18)20/h4-9,11,13H,10,12H2,1-3H3,(H,25,26);2-13H,1H3. The molecule has 6 heteroatoms. The quantitative estimate of drug-likeness (QED) is 0.183. The van der Waals surface area contributed by atoms with Crippen LogP contribution in [0.4, 0.5) is 0 Å². The van der Waals surface area contributed by atoms with Crippen molar-refractivity contribution >= 4 is 38.9 Å². The molecule has 4 heterocycles. The lowest BCUT2D eigenvalue weighted by Gasteiger charge is -2.10. The molecule has 6 nitrogen and oxygen atoms in total. The highest BCUT2D eigenvalue weighted by molar-refractivity contribution is 6.19. The van der Waals surface area contributed by atoms with Crippen LogP contribution in [0, 0.1) is 19.8 Å². The number of aromatic nitrogens is 3. The second-order valence-electron chi connectivity index (χ2n) is 12.0. The van der Waals surface area contributed by atoms with Gasteiger partial charge in [0, 0.05) is 47.3 Å². The number of carboxylic acid groups (broad SMARTS) is 1. The number of aromatic carboxylic acids is 1. The molecule has 0 aliphatic rings. The number of para-hydroxylation sites is 1. The number of ketones is 1. The molecule has 0 unspecified atom stereocenters. The van der Waals surface area contributed by atoms with Gasteiger partial charge in [-0.2, -0.15) is 0 Å². The average molecular weight is 608 g/mol. The first kappa shape index (κ1) is 30.5. The predicted molar refractivity (Wildman–Crippen MR) is 186 cm³/mol. The maximum atomic E-state index is 13.2. The topological polar surface area (TPSA) is 76.6 Å². The Morgan fingerprint density at radius 3 is 2.26 bits per heavy atom. The summed E-state index contributed by atoms with van der Waals surface area (Å²) < 4.78 is 4.32. The number of carbonyl (C=O) groups excluding carboxylic acids is 1. The zero-order valence-electron chi connectivity index (χ0n) is 26.6. The third-order valence-electron chi connectivity index (χ3n) is 8.70. The minimum Gasteiger partial charge on any atom is -0.478 e. The Labute approximate surface area is 268 Å². The monoisotopic (exact) mass is 607 g/mol. The number of aryl methyl sites for hydroxylation is 2. The van der Waals surface area contributed by atoms with Crippen molar-refractivity contribution in [2.75, 3.05) is 0 Å². The van der Waals surface area contributed by atoms with Gasteiger partial charge in [0.15, 0.2) is 0 Å². The summed E-state index contributed by atoms with van der Waals surface area (Å²) in [5.41, 5.74) is 7.49. The maximum Gasteiger partial charge on any atom is 0.338 e. The van der Waals surface area contributed by atoms with Gasteiger partial charge in [0.25, 0.3) is 0 Å². The Kier molecular flexibility index (Phi) is 8.53. The maximum absolute atomic E-state index is 13.2. The van der Waals surface area contributed by atoms with Crippen LogP contribution in [0.15, 0.2) is 116 Å². The van der Waals surface area contributed by atoms with Crippen molar-refractivity contribution in [2.24, 2.45) is 5.92 Å². The molecule has 7 aromatic rings. The number of nitrogens with zero attached hydrogens (tertiary/aromatic N) is 3. The highest BCUT2D eigenvalue weighted by atomic mass is 16.4. The molecule has 0 bridgehead atoms. The van der Waals surface area contributed by atoms with E-state index in [1.54, 1.807) is 0 Å². The molecule has 0 aliphatic heterocycles. The van der Waals surface area contributed by atoms with Crippen LogP contribution in [0.2, 0.25) is 0 Å². The SMILES string of the molecule is Cc1c(-c2ccn3ccccc23)ccc2ccccc12.Cc1c(C(=O)c2ncccc2C(=O)O)c2ccccc2n1CCC(C)C. The van der Waals surface area contributed by atoms with Crippen molar-refractivity contribution in [3.8, 4) is 11.1 Å². The number of pyridine rings is 2. The fourth-order valence-corrected chi connectivity index (χ4v) is 6.27. The first-order valence-electron chi connectivity index (χ1n) is 15.6. The van der Waals surface area contributed by atoms with E-state index in [0.29, 0.717) is 11.5 Å². The summed E-state index contributed by atoms with van der Waals surface area (Å²) in [6, 6.07) is 32.2. The molecular weight excluding hydrogens is 570 g/mol. The summed E-state index contributed by atoms with van der Waals surface area (Å²) in [6.07, 6.45) is 6.67. The largest absolute Gasteiger partial charge is 0.478 e. The molecule has 3 aromatic carbocycles. The Morgan fingerprint density at radius 1 is 0.761 bits per heavy atom. The first-order valence-corrected chi connectivity index (χ1v) is 15.6. The molecule has 4 aromatic heterocycles. The van der Waals surface area contributed by atoms with Crippen molar-refractivity contribution in [3.05, 3.63) is 144 Å². The smallest absolute Gasteiger partial charge is 0.338 e. The van der Waals surface area contributed by atoms with Crippen LogP contribution >= 0.6 is 0 Å². The van der Waals surface area contributed by atoms with E-state index in [9.17, 15) is 14.7 Å². The van der Waals surface area contributed by atoms with Gasteiger partial charge in [-0.1, -0.05) is 74.5 Å². The van der Waals surface area contributed by atoms with Crippen LogP contribution in [0.25, 0.3) is 38.3 Å². The number of carboxylic acids is 1. The number of hydrogen-bond acceptors (Lipinski definition) is 3. The van der Waals surface area contributed by atoms with Crippen LogP contribution in [-0.4, -0.2) is 30.8 Å². The Morgan fingerprint density at radius 2 is 1.48 bits per heavy atom. The molecule has 0 spiro atoms. The van der Waals surface area contributed by atoms with Crippen LogP contribution in [0.1, 0.15) is 57.9 Å². The van der Waals surface area contributed by atoms with Gasteiger partial charge in [0.1, 0.15) is 5.69 Å². The van der Waals surface area contributed by atoms with Crippen LogP contribution in [-0.2, 0) is 6.54 Å². The summed E-state index contributed by atoms with van der Waals surface area (Å²) in [7, 11) is 0. The zero-order chi connectivity index (χ0) is 32.4. The molecule has 46 heavy (non-hydrogen) atoms. The van der Waals surface area contributed by atoms with E-state index in [4.69, 9.17) is 0 Å². The fraction of sp³-hybridized carbons (Fsp3) is 0.175. The molecule has 7 rings (SSSR count). The van der Waals surface area contributed by atoms with E-state index >= 15 is 0 Å². The van der Waals surface area contributed by atoms with Crippen molar-refractivity contribution in [2.45, 2.75) is 40.7 Å². The summed E-state index contributed by atoms with van der Waals surface area (Å²) in [4.78, 5) is 28.8. The number of hydrogen-bond donors (Lipinski definition) is 1. The second-order valence-corrected chi connectivity index (χ2v) is 12.0. The van der Waals surface area contributed by atoms with Gasteiger partial charge in [-0.15, -0.1) is 0 Å². The highest BCUT2D eigenvalue weighted by Crippen LogP contribution is 2.33. The van der Waals surface area contributed by atoms with Crippen LogP contribution < -0.4 is 0 Å². The van der Waals surface area contributed by atoms with Gasteiger partial charge in [-0.3, -0.25) is 9.78 Å². The number of rotatable bonds is 7. The van der Waals surface area contributed by atoms with Crippen molar-refractivity contribution in [1.82, 2.24) is 14.0 Å². The normalized spacial score (nSPS) is 11.2. The summed E-state index contributed by atoms with van der Waals surface area (Å²) in [6.45, 7) is 9.27. The lowest BCUT2D eigenvalue weighted by Crippen LogP contribution is -2.13. The lowest BCUT2D eigenvalue weighted by atomic mass is 9.96. The number of carbonyl (C=O) groups is 2. The van der Waals surface area contributed by atoms with Crippen molar-refractivity contribution < 1.29 is 14.7 Å². The Bertz CT molecular complexity index is 2220. The van der Waals surface area contributed by atoms with Crippen molar-refractivity contribution in [3.63, 3.8) is 0 Å². The van der Waals surface area contributed by atoms with Crippen LogP contribution in [0.3, 0.4) is 0 Å². The van der Waals surface area contributed by atoms with Gasteiger partial charge in [0.2, 0.25) is 5.78 Å². The molecule has 0 atom stereocenters. The third kappa shape index (κ3) is 5.70. The Hall–Kier alpha value is -5.49. The molecule has 0 fully saturated rings. The second kappa shape index (κ2) is 12.9. The van der Waals surface area contributed by atoms with Crippen LogP contribution in [0.5, 0.6) is 0 Å². The van der Waals surface area contributed by atoms with E-state index in [1.165, 1.54) is 51.3 Å². The minimum absolute atomic E-state index is 0.0186. The molecule has 230 valence electrons. The fourth-order valence-electron chi connectivity index (χ4n) is 6.27. The molecule has 0 radical (unpaired) electrons. The van der Waals surface area contributed by atoms with Gasteiger partial charge in [-0.25, -0.2) is 4.79 Å². The summed E-state index contributed by atoms with van der Waals surface area (Å²) in [5.74, 6) is -0.952. The number of fused-ring (bicyclic) bond motifs is 3. The highest BCUT2D eigenvalue weighted by Gasteiger charge is 2.25. The third-order valence-corrected chi connectivity index (χ3v) is 8.70. The average Bonchev–Trinajstić information content (AvgIpc) is 3.62. The van der Waals surface area contributed by atoms with E-state index in [2.05, 4.69) is 108 Å².